The molecule has 140 valence electrons. The van der Waals surface area contributed by atoms with Crippen LogP contribution in [0.4, 0.5) is 0 Å². The van der Waals surface area contributed by atoms with Crippen LogP contribution in [0, 0.1) is 0 Å². The standard InChI is InChI=1S/C29H24/c1-2-27(23-15-7-3-8-16-23)29(26-21-13-6-14-22-26)28(24-17-9-4-10-18-24)25-19-11-5-12-20-25/h2-22H,1H3. The molecule has 0 unspecified atom stereocenters. The maximum Gasteiger partial charge on any atom is -0.00241 e. The largest absolute Gasteiger partial charge is 0.0791 e. The van der Waals surface area contributed by atoms with Crippen LogP contribution in [-0.4, -0.2) is 0 Å². The van der Waals surface area contributed by atoms with E-state index in [1.807, 2.05) is 0 Å². The molecule has 0 heterocycles. The Hall–Kier alpha value is -3.64. The van der Waals surface area contributed by atoms with Crippen molar-refractivity contribution in [1.82, 2.24) is 0 Å². The summed E-state index contributed by atoms with van der Waals surface area (Å²) in [4.78, 5) is 0. The molecule has 0 bridgehead atoms. The van der Waals surface area contributed by atoms with Gasteiger partial charge in [0.05, 0.1) is 0 Å². The Morgan fingerprint density at radius 1 is 0.448 bits per heavy atom. The Kier molecular flexibility index (Phi) is 5.83. The molecule has 4 rings (SSSR count). The highest BCUT2D eigenvalue weighted by Gasteiger charge is 2.18. The molecule has 0 radical (unpaired) electrons. The van der Waals surface area contributed by atoms with E-state index in [0.717, 1.165) is 0 Å². The summed E-state index contributed by atoms with van der Waals surface area (Å²) in [7, 11) is 0. The van der Waals surface area contributed by atoms with Crippen molar-refractivity contribution in [2.24, 2.45) is 0 Å². The molecule has 0 nitrogen and oxygen atoms in total. The first-order chi connectivity index (χ1) is 14.4. The van der Waals surface area contributed by atoms with Crippen molar-refractivity contribution < 1.29 is 0 Å². The molecule has 0 atom stereocenters. The minimum Gasteiger partial charge on any atom is -0.0791 e. The summed E-state index contributed by atoms with van der Waals surface area (Å²) in [6.45, 7) is 2.12. The molecule has 0 saturated heterocycles. The van der Waals surface area contributed by atoms with Gasteiger partial charge in [-0.3, -0.25) is 0 Å². The van der Waals surface area contributed by atoms with Gasteiger partial charge in [0.25, 0.3) is 0 Å². The molecule has 0 fully saturated rings. The Balaban J connectivity index is 2.10. The van der Waals surface area contributed by atoms with Crippen LogP contribution in [0.3, 0.4) is 0 Å². The molecule has 29 heavy (non-hydrogen) atoms. The van der Waals surface area contributed by atoms with Crippen molar-refractivity contribution in [2.75, 3.05) is 0 Å². The molecule has 4 aromatic carbocycles. The highest BCUT2D eigenvalue weighted by molar-refractivity contribution is 6.17. The van der Waals surface area contributed by atoms with Crippen LogP contribution in [0.5, 0.6) is 0 Å². The van der Waals surface area contributed by atoms with Crippen LogP contribution in [0.15, 0.2) is 127 Å². The van der Waals surface area contributed by atoms with E-state index >= 15 is 0 Å². The minimum atomic E-state index is 1.21. The number of rotatable bonds is 5. The van der Waals surface area contributed by atoms with Gasteiger partial charge in [-0.25, -0.2) is 0 Å². The van der Waals surface area contributed by atoms with Crippen molar-refractivity contribution in [3.63, 3.8) is 0 Å². The van der Waals surface area contributed by atoms with E-state index in [1.165, 1.54) is 39.0 Å². The second-order valence-electron chi connectivity index (χ2n) is 6.92. The Morgan fingerprint density at radius 3 is 1.17 bits per heavy atom. The van der Waals surface area contributed by atoms with Gasteiger partial charge in [-0.15, -0.1) is 0 Å². The van der Waals surface area contributed by atoms with Crippen LogP contribution >= 0.6 is 0 Å². The fraction of sp³-hybridized carbons (Fsp3) is 0.0345. The summed E-state index contributed by atoms with van der Waals surface area (Å²) in [5.74, 6) is 0. The number of allylic oxidation sites excluding steroid dienone is 3. The van der Waals surface area contributed by atoms with Gasteiger partial charge in [0, 0.05) is 0 Å². The SMILES string of the molecule is CC=C(C(=C(c1ccccc1)c1ccccc1)c1ccccc1)c1ccccc1. The molecule has 0 saturated carbocycles. The third-order valence-corrected chi connectivity index (χ3v) is 5.08. The van der Waals surface area contributed by atoms with E-state index < -0.39 is 0 Å². The van der Waals surface area contributed by atoms with E-state index in [1.54, 1.807) is 0 Å². The van der Waals surface area contributed by atoms with Crippen molar-refractivity contribution in [2.45, 2.75) is 6.92 Å². The molecule has 0 spiro atoms. The van der Waals surface area contributed by atoms with Crippen molar-refractivity contribution in [1.29, 1.82) is 0 Å². The Labute approximate surface area is 173 Å². The predicted molar refractivity (Wildman–Crippen MR) is 125 cm³/mol. The topological polar surface area (TPSA) is 0 Å². The van der Waals surface area contributed by atoms with Crippen LogP contribution in [0.1, 0.15) is 29.2 Å². The second kappa shape index (κ2) is 9.03. The van der Waals surface area contributed by atoms with Crippen molar-refractivity contribution >= 4 is 16.7 Å². The Morgan fingerprint density at radius 2 is 0.793 bits per heavy atom. The van der Waals surface area contributed by atoms with E-state index in [0.29, 0.717) is 0 Å². The zero-order valence-corrected chi connectivity index (χ0v) is 16.6. The fourth-order valence-corrected chi connectivity index (χ4v) is 3.78. The lowest BCUT2D eigenvalue weighted by atomic mass is 9.83. The molecule has 0 aliphatic heterocycles. The molecule has 0 aromatic heterocycles. The van der Waals surface area contributed by atoms with Crippen LogP contribution in [-0.2, 0) is 0 Å². The number of hydrogen-bond acceptors (Lipinski definition) is 0. The molecule has 0 aliphatic carbocycles. The number of hydrogen-bond donors (Lipinski definition) is 0. The number of benzene rings is 4. The average molecular weight is 373 g/mol. The normalized spacial score (nSPS) is 11.1. The van der Waals surface area contributed by atoms with Gasteiger partial charge in [0.1, 0.15) is 0 Å². The van der Waals surface area contributed by atoms with E-state index in [-0.39, 0.29) is 0 Å². The molecule has 0 aliphatic rings. The fourth-order valence-electron chi connectivity index (χ4n) is 3.78. The Bertz CT molecular complexity index is 1060. The van der Waals surface area contributed by atoms with Crippen LogP contribution in [0.2, 0.25) is 0 Å². The zero-order chi connectivity index (χ0) is 19.9. The third kappa shape index (κ3) is 4.12. The molecular formula is C29H24. The average Bonchev–Trinajstić information content (AvgIpc) is 2.81. The summed E-state index contributed by atoms with van der Waals surface area (Å²) >= 11 is 0. The summed E-state index contributed by atoms with van der Waals surface area (Å²) in [5.41, 5.74) is 8.59. The quantitative estimate of drug-likeness (QED) is 0.248. The lowest BCUT2D eigenvalue weighted by Gasteiger charge is -2.20. The molecular weight excluding hydrogens is 348 g/mol. The summed E-state index contributed by atoms with van der Waals surface area (Å²) in [6, 6.07) is 42.7. The van der Waals surface area contributed by atoms with Crippen LogP contribution in [0.25, 0.3) is 16.7 Å². The lowest BCUT2D eigenvalue weighted by Crippen LogP contribution is -1.98. The first-order valence-corrected chi connectivity index (χ1v) is 10.0. The zero-order valence-electron chi connectivity index (χ0n) is 16.6. The second-order valence-corrected chi connectivity index (χ2v) is 6.92. The van der Waals surface area contributed by atoms with Crippen LogP contribution < -0.4 is 0 Å². The maximum atomic E-state index is 2.23. The highest BCUT2D eigenvalue weighted by atomic mass is 14.2. The van der Waals surface area contributed by atoms with Gasteiger partial charge in [-0.1, -0.05) is 127 Å². The van der Waals surface area contributed by atoms with Gasteiger partial charge in [0.15, 0.2) is 0 Å². The molecule has 0 amide bonds. The van der Waals surface area contributed by atoms with E-state index in [9.17, 15) is 0 Å². The summed E-state index contributed by atoms with van der Waals surface area (Å²) < 4.78 is 0. The monoisotopic (exact) mass is 372 g/mol. The van der Waals surface area contributed by atoms with Gasteiger partial charge in [-0.05, 0) is 45.9 Å². The molecule has 0 heteroatoms. The summed E-state index contributed by atoms with van der Waals surface area (Å²) in [5, 5.41) is 0. The third-order valence-electron chi connectivity index (χ3n) is 5.08. The van der Waals surface area contributed by atoms with Gasteiger partial charge in [-0.2, -0.15) is 0 Å². The van der Waals surface area contributed by atoms with E-state index in [2.05, 4.69) is 134 Å². The lowest BCUT2D eigenvalue weighted by molar-refractivity contribution is 1.52. The van der Waals surface area contributed by atoms with Gasteiger partial charge >= 0.3 is 0 Å². The van der Waals surface area contributed by atoms with Gasteiger partial charge < -0.3 is 0 Å². The summed E-state index contributed by atoms with van der Waals surface area (Å²) in [6.07, 6.45) is 2.23. The van der Waals surface area contributed by atoms with Crippen molar-refractivity contribution in [3.8, 4) is 0 Å². The molecule has 0 N–H and O–H groups in total. The first kappa shape index (κ1) is 18.7. The van der Waals surface area contributed by atoms with E-state index in [4.69, 9.17) is 0 Å². The smallest absolute Gasteiger partial charge is 0.00241 e. The minimum absolute atomic E-state index is 1.21. The highest BCUT2D eigenvalue weighted by Crippen LogP contribution is 2.40. The first-order valence-electron chi connectivity index (χ1n) is 10.0. The predicted octanol–water partition coefficient (Wildman–Crippen LogP) is 7.75. The van der Waals surface area contributed by atoms with Crippen molar-refractivity contribution in [3.05, 3.63) is 150 Å². The maximum absolute atomic E-state index is 2.23. The molecule has 4 aromatic rings. The van der Waals surface area contributed by atoms with Gasteiger partial charge in [0.2, 0.25) is 0 Å².